The predicted molar refractivity (Wildman–Crippen MR) is 39.6 cm³/mol. The van der Waals surface area contributed by atoms with Crippen LogP contribution in [0.2, 0.25) is 0 Å². The summed E-state index contributed by atoms with van der Waals surface area (Å²) in [5, 5.41) is 4.15. The Morgan fingerprint density at radius 3 is 2.90 bits per heavy atom. The first-order valence-electron chi connectivity index (χ1n) is 3.92. The summed E-state index contributed by atoms with van der Waals surface area (Å²) >= 11 is 0. The maximum atomic E-state index is 4.15. The Bertz CT molecular complexity index is 187. The molecule has 2 heteroatoms. The lowest BCUT2D eigenvalue weighted by Gasteiger charge is -2.24. The zero-order valence-electron chi connectivity index (χ0n) is 6.03. The largest absolute Gasteiger partial charge is 0.272 e. The van der Waals surface area contributed by atoms with E-state index in [4.69, 9.17) is 0 Å². The molecular weight excluding hydrogens is 124 g/mol. The monoisotopic (exact) mass is 136 g/mol. The Labute approximate surface area is 60.9 Å². The summed E-state index contributed by atoms with van der Waals surface area (Å²) in [6.45, 7) is 1.13. The van der Waals surface area contributed by atoms with E-state index >= 15 is 0 Å². The molecule has 10 heavy (non-hydrogen) atoms. The molecule has 0 atom stereocenters. The van der Waals surface area contributed by atoms with Gasteiger partial charge in [0.2, 0.25) is 0 Å². The quantitative estimate of drug-likeness (QED) is 0.605. The number of nitrogens with zero attached hydrogens (tertiary/aromatic N) is 2. The average molecular weight is 136 g/mol. The van der Waals surface area contributed by atoms with E-state index in [1.54, 1.807) is 0 Å². The molecule has 54 valence electrons. The summed E-state index contributed by atoms with van der Waals surface area (Å²) < 4.78 is 2.03. The minimum atomic E-state index is 0.917. The molecule has 0 aromatic carbocycles. The molecule has 1 fully saturated rings. The lowest BCUT2D eigenvalue weighted by Crippen LogP contribution is -2.18. The average Bonchev–Trinajstić information content (AvgIpc) is 2.29. The molecule has 1 heterocycles. The summed E-state index contributed by atoms with van der Waals surface area (Å²) in [5.41, 5.74) is 0. The molecule has 0 bridgehead atoms. The van der Waals surface area contributed by atoms with Crippen LogP contribution in [0.3, 0.4) is 0 Å². The minimum Gasteiger partial charge on any atom is -0.272 e. The maximum Gasteiger partial charge on any atom is 0.0489 e. The van der Waals surface area contributed by atoms with E-state index in [1.807, 2.05) is 23.1 Å². The van der Waals surface area contributed by atoms with E-state index < -0.39 is 0 Å². The van der Waals surface area contributed by atoms with E-state index in [1.165, 1.54) is 19.3 Å². The molecule has 1 aliphatic carbocycles. The summed E-state index contributed by atoms with van der Waals surface area (Å²) in [5.74, 6) is 0.917. The van der Waals surface area contributed by atoms with Crippen molar-refractivity contribution < 1.29 is 0 Å². The Hall–Kier alpha value is -0.790. The van der Waals surface area contributed by atoms with Crippen LogP contribution in [-0.4, -0.2) is 9.78 Å². The molecule has 0 spiro atoms. The van der Waals surface area contributed by atoms with E-state index in [-0.39, 0.29) is 0 Å². The van der Waals surface area contributed by atoms with Gasteiger partial charge in [-0.15, -0.1) is 0 Å². The zero-order chi connectivity index (χ0) is 6.81. The Balaban J connectivity index is 1.90. The highest BCUT2D eigenvalue weighted by Crippen LogP contribution is 2.27. The van der Waals surface area contributed by atoms with Crippen LogP contribution in [-0.2, 0) is 6.54 Å². The van der Waals surface area contributed by atoms with Crippen molar-refractivity contribution in [3.8, 4) is 0 Å². The molecule has 0 unspecified atom stereocenters. The van der Waals surface area contributed by atoms with Gasteiger partial charge in [-0.05, 0) is 24.8 Å². The second-order valence-electron chi connectivity index (χ2n) is 3.03. The van der Waals surface area contributed by atoms with Crippen molar-refractivity contribution in [3.63, 3.8) is 0 Å². The third kappa shape index (κ3) is 1.06. The summed E-state index contributed by atoms with van der Waals surface area (Å²) in [6.07, 6.45) is 8.11. The molecule has 0 amide bonds. The molecule has 0 radical (unpaired) electrons. The highest BCUT2D eigenvalue weighted by atomic mass is 15.3. The van der Waals surface area contributed by atoms with Gasteiger partial charge in [0.15, 0.2) is 0 Å². The van der Waals surface area contributed by atoms with Gasteiger partial charge in [0.05, 0.1) is 0 Å². The summed E-state index contributed by atoms with van der Waals surface area (Å²) in [4.78, 5) is 0. The van der Waals surface area contributed by atoms with Gasteiger partial charge >= 0.3 is 0 Å². The lowest BCUT2D eigenvalue weighted by molar-refractivity contribution is 0.266. The van der Waals surface area contributed by atoms with Crippen molar-refractivity contribution in [2.24, 2.45) is 5.92 Å². The Morgan fingerprint density at radius 2 is 2.40 bits per heavy atom. The smallest absolute Gasteiger partial charge is 0.0489 e. The van der Waals surface area contributed by atoms with Gasteiger partial charge in [-0.3, -0.25) is 4.68 Å². The van der Waals surface area contributed by atoms with Gasteiger partial charge in [0.25, 0.3) is 0 Å². The van der Waals surface area contributed by atoms with Gasteiger partial charge in [0, 0.05) is 18.9 Å². The van der Waals surface area contributed by atoms with E-state index in [0.29, 0.717) is 0 Å². The second-order valence-corrected chi connectivity index (χ2v) is 3.03. The number of aromatic nitrogens is 2. The van der Waals surface area contributed by atoms with Crippen LogP contribution in [0.25, 0.3) is 0 Å². The van der Waals surface area contributed by atoms with Gasteiger partial charge in [-0.25, -0.2) is 0 Å². The third-order valence-corrected chi connectivity index (χ3v) is 2.23. The Morgan fingerprint density at radius 1 is 1.50 bits per heavy atom. The van der Waals surface area contributed by atoms with Crippen molar-refractivity contribution >= 4 is 0 Å². The van der Waals surface area contributed by atoms with Gasteiger partial charge in [-0.1, -0.05) is 6.42 Å². The molecule has 0 saturated heterocycles. The molecule has 2 nitrogen and oxygen atoms in total. The van der Waals surface area contributed by atoms with Crippen LogP contribution >= 0.6 is 0 Å². The molecule has 1 aromatic heterocycles. The van der Waals surface area contributed by atoms with E-state index in [0.717, 1.165) is 12.5 Å². The van der Waals surface area contributed by atoms with Gasteiger partial charge in [0.1, 0.15) is 0 Å². The molecule has 2 rings (SSSR count). The first kappa shape index (κ1) is 5.96. The first-order valence-corrected chi connectivity index (χ1v) is 3.92. The highest BCUT2D eigenvalue weighted by Gasteiger charge is 2.17. The fourth-order valence-corrected chi connectivity index (χ4v) is 1.35. The zero-order valence-corrected chi connectivity index (χ0v) is 6.03. The molecule has 1 aromatic rings. The summed E-state index contributed by atoms with van der Waals surface area (Å²) in [6, 6.07) is 1.98. The number of hydrogen-bond acceptors (Lipinski definition) is 1. The maximum absolute atomic E-state index is 4.15. The van der Waals surface area contributed by atoms with Crippen molar-refractivity contribution in [1.29, 1.82) is 0 Å². The van der Waals surface area contributed by atoms with Crippen molar-refractivity contribution in [3.05, 3.63) is 18.5 Å². The molecule has 0 aliphatic heterocycles. The van der Waals surface area contributed by atoms with Crippen LogP contribution in [0.1, 0.15) is 19.3 Å². The highest BCUT2D eigenvalue weighted by molar-refractivity contribution is 4.79. The van der Waals surface area contributed by atoms with Crippen molar-refractivity contribution in [2.45, 2.75) is 25.8 Å². The lowest BCUT2D eigenvalue weighted by atomic mass is 9.85. The first-order chi connectivity index (χ1) is 4.95. The fourth-order valence-electron chi connectivity index (χ4n) is 1.35. The standard InChI is InChI=1S/C8H12N2/c1-3-8(4-1)7-10-6-2-5-9-10/h2,5-6,8H,1,3-4,7H2. The molecule has 0 N–H and O–H groups in total. The molecule has 1 saturated carbocycles. The fraction of sp³-hybridized carbons (Fsp3) is 0.625. The van der Waals surface area contributed by atoms with Gasteiger partial charge < -0.3 is 0 Å². The van der Waals surface area contributed by atoms with Crippen LogP contribution in [0.15, 0.2) is 18.5 Å². The topological polar surface area (TPSA) is 17.8 Å². The normalized spacial score (nSPS) is 18.8. The van der Waals surface area contributed by atoms with Crippen molar-refractivity contribution in [1.82, 2.24) is 9.78 Å². The van der Waals surface area contributed by atoms with Crippen LogP contribution in [0.5, 0.6) is 0 Å². The van der Waals surface area contributed by atoms with Crippen molar-refractivity contribution in [2.75, 3.05) is 0 Å². The number of rotatable bonds is 2. The SMILES string of the molecule is c1cnn(CC2CCC2)c1. The van der Waals surface area contributed by atoms with Crippen LogP contribution in [0.4, 0.5) is 0 Å². The van der Waals surface area contributed by atoms with E-state index in [2.05, 4.69) is 5.10 Å². The number of hydrogen-bond donors (Lipinski definition) is 0. The van der Waals surface area contributed by atoms with E-state index in [9.17, 15) is 0 Å². The van der Waals surface area contributed by atoms with Crippen LogP contribution < -0.4 is 0 Å². The second kappa shape index (κ2) is 2.45. The third-order valence-electron chi connectivity index (χ3n) is 2.23. The van der Waals surface area contributed by atoms with Gasteiger partial charge in [-0.2, -0.15) is 5.10 Å². The Kier molecular flexibility index (Phi) is 1.46. The van der Waals surface area contributed by atoms with Crippen LogP contribution in [0, 0.1) is 5.92 Å². The molecule has 1 aliphatic rings. The molecular formula is C8H12N2. The summed E-state index contributed by atoms with van der Waals surface area (Å²) in [7, 11) is 0. The minimum absolute atomic E-state index is 0.917. The predicted octanol–water partition coefficient (Wildman–Crippen LogP) is 1.68.